The molecule has 1 aromatic carbocycles. The van der Waals surface area contributed by atoms with E-state index in [1.807, 2.05) is 11.8 Å². The molecule has 2 nitrogen and oxygen atoms in total. The van der Waals surface area contributed by atoms with E-state index in [2.05, 4.69) is 45.0 Å². The smallest absolute Gasteiger partial charge is 0.133 e. The highest BCUT2D eigenvalue weighted by Crippen LogP contribution is 2.24. The molecule has 0 aliphatic rings. The summed E-state index contributed by atoms with van der Waals surface area (Å²) < 4.78 is 5.07. The second kappa shape index (κ2) is 8.60. The van der Waals surface area contributed by atoms with Crippen molar-refractivity contribution in [1.29, 1.82) is 0 Å². The molecular formula is C18H28O2S. The van der Waals surface area contributed by atoms with E-state index >= 15 is 0 Å². The summed E-state index contributed by atoms with van der Waals surface area (Å²) in [6, 6.07) is 8.82. The number of benzene rings is 1. The molecule has 1 atom stereocenters. The lowest BCUT2D eigenvalue weighted by Crippen LogP contribution is -2.16. The van der Waals surface area contributed by atoms with Crippen molar-refractivity contribution >= 4 is 17.5 Å². The fraction of sp³-hybridized carbons (Fsp3) is 0.611. The van der Waals surface area contributed by atoms with Gasteiger partial charge in [-0.2, -0.15) is 11.8 Å². The normalized spacial score (nSPS) is 13.2. The Hall–Kier alpha value is -0.800. The van der Waals surface area contributed by atoms with Crippen LogP contribution in [-0.2, 0) is 20.7 Å². The van der Waals surface area contributed by atoms with Crippen LogP contribution in [0.4, 0.5) is 0 Å². The van der Waals surface area contributed by atoms with Gasteiger partial charge in [0.2, 0.25) is 0 Å². The molecule has 21 heavy (non-hydrogen) atoms. The van der Waals surface area contributed by atoms with Gasteiger partial charge in [0.15, 0.2) is 0 Å². The maximum Gasteiger partial charge on any atom is 0.133 e. The molecule has 0 amide bonds. The molecule has 0 N–H and O–H groups in total. The maximum atomic E-state index is 11.6. The average Bonchev–Trinajstić information content (AvgIpc) is 2.41. The van der Waals surface area contributed by atoms with Gasteiger partial charge in [0.25, 0.3) is 0 Å². The Morgan fingerprint density at radius 3 is 2.33 bits per heavy atom. The van der Waals surface area contributed by atoms with E-state index in [-0.39, 0.29) is 17.1 Å². The van der Waals surface area contributed by atoms with Crippen molar-refractivity contribution in [2.75, 3.05) is 19.5 Å². The van der Waals surface area contributed by atoms with E-state index in [0.29, 0.717) is 6.61 Å². The topological polar surface area (TPSA) is 26.3 Å². The summed E-state index contributed by atoms with van der Waals surface area (Å²) in [7, 11) is 1.68. The SMILES string of the molecule is COCCC(CSCc1ccc(C(C)(C)C)cc1)C(C)=O. The Morgan fingerprint density at radius 1 is 1.24 bits per heavy atom. The number of rotatable bonds is 8. The molecule has 0 saturated carbocycles. The van der Waals surface area contributed by atoms with Crippen molar-refractivity contribution in [3.63, 3.8) is 0 Å². The maximum absolute atomic E-state index is 11.6. The van der Waals surface area contributed by atoms with Crippen molar-refractivity contribution in [1.82, 2.24) is 0 Å². The van der Waals surface area contributed by atoms with Gasteiger partial charge in [-0.3, -0.25) is 4.79 Å². The van der Waals surface area contributed by atoms with Crippen LogP contribution < -0.4 is 0 Å². The summed E-state index contributed by atoms with van der Waals surface area (Å²) >= 11 is 1.83. The van der Waals surface area contributed by atoms with Gasteiger partial charge >= 0.3 is 0 Å². The first-order chi connectivity index (χ1) is 9.84. The number of carbonyl (C=O) groups is 1. The minimum Gasteiger partial charge on any atom is -0.385 e. The third kappa shape index (κ3) is 6.66. The number of hydrogen-bond donors (Lipinski definition) is 0. The van der Waals surface area contributed by atoms with E-state index < -0.39 is 0 Å². The highest BCUT2D eigenvalue weighted by Gasteiger charge is 2.15. The van der Waals surface area contributed by atoms with Crippen LogP contribution >= 0.6 is 11.8 Å². The summed E-state index contributed by atoms with van der Waals surface area (Å²) in [4.78, 5) is 11.6. The molecule has 0 radical (unpaired) electrons. The quantitative estimate of drug-likeness (QED) is 0.709. The second-order valence-electron chi connectivity index (χ2n) is 6.55. The van der Waals surface area contributed by atoms with E-state index in [4.69, 9.17) is 4.74 Å². The summed E-state index contributed by atoms with van der Waals surface area (Å²) in [5.74, 6) is 2.22. The van der Waals surface area contributed by atoms with Gasteiger partial charge in [-0.25, -0.2) is 0 Å². The minimum atomic E-state index is 0.115. The van der Waals surface area contributed by atoms with Crippen LogP contribution in [-0.4, -0.2) is 25.3 Å². The standard InChI is InChI=1S/C18H28O2S/c1-14(19)16(10-11-20-5)13-21-12-15-6-8-17(9-7-15)18(2,3)4/h6-9,16H,10-13H2,1-5H3. The van der Waals surface area contributed by atoms with Gasteiger partial charge in [-0.15, -0.1) is 0 Å². The van der Waals surface area contributed by atoms with Gasteiger partial charge in [0, 0.05) is 31.1 Å². The van der Waals surface area contributed by atoms with Gasteiger partial charge < -0.3 is 4.74 Å². The Morgan fingerprint density at radius 2 is 1.86 bits per heavy atom. The lowest BCUT2D eigenvalue weighted by atomic mass is 9.87. The number of methoxy groups -OCH3 is 1. The monoisotopic (exact) mass is 308 g/mol. The Labute approximate surface area is 133 Å². The lowest BCUT2D eigenvalue weighted by Gasteiger charge is -2.19. The number of ether oxygens (including phenoxy) is 1. The zero-order valence-corrected chi connectivity index (χ0v) is 14.8. The fourth-order valence-electron chi connectivity index (χ4n) is 2.08. The number of hydrogen-bond acceptors (Lipinski definition) is 3. The fourth-order valence-corrected chi connectivity index (χ4v) is 3.32. The van der Waals surface area contributed by atoms with Gasteiger partial charge in [-0.05, 0) is 29.9 Å². The average molecular weight is 308 g/mol. The molecule has 0 aromatic heterocycles. The molecule has 0 aliphatic heterocycles. The van der Waals surface area contributed by atoms with Crippen LogP contribution in [0, 0.1) is 5.92 Å². The van der Waals surface area contributed by atoms with Crippen molar-refractivity contribution in [3.05, 3.63) is 35.4 Å². The molecule has 118 valence electrons. The predicted octanol–water partition coefficient (Wildman–Crippen LogP) is 4.46. The molecule has 0 saturated heterocycles. The third-order valence-corrected chi connectivity index (χ3v) is 4.83. The predicted molar refractivity (Wildman–Crippen MR) is 92.0 cm³/mol. The van der Waals surface area contributed by atoms with Crippen LogP contribution in [0.1, 0.15) is 45.2 Å². The van der Waals surface area contributed by atoms with Crippen LogP contribution in [0.15, 0.2) is 24.3 Å². The largest absolute Gasteiger partial charge is 0.385 e. The Bertz CT molecular complexity index is 432. The highest BCUT2D eigenvalue weighted by molar-refractivity contribution is 7.98. The molecule has 3 heteroatoms. The van der Waals surface area contributed by atoms with Crippen LogP contribution in [0.2, 0.25) is 0 Å². The van der Waals surface area contributed by atoms with Crippen LogP contribution in [0.3, 0.4) is 0 Å². The summed E-state index contributed by atoms with van der Waals surface area (Å²) in [6.07, 6.45) is 0.821. The first kappa shape index (κ1) is 18.2. The molecule has 0 heterocycles. The van der Waals surface area contributed by atoms with Crippen LogP contribution in [0.25, 0.3) is 0 Å². The number of ketones is 1. The number of carbonyl (C=O) groups excluding carboxylic acids is 1. The summed E-state index contributed by atoms with van der Waals surface area (Å²) in [5.41, 5.74) is 2.88. The molecule has 1 aromatic rings. The molecular weight excluding hydrogens is 280 g/mol. The number of Topliss-reactive ketones (excluding diaryl/α,β-unsaturated/α-hetero) is 1. The minimum absolute atomic E-state index is 0.115. The summed E-state index contributed by atoms with van der Waals surface area (Å²) in [6.45, 7) is 9.02. The highest BCUT2D eigenvalue weighted by atomic mass is 32.2. The lowest BCUT2D eigenvalue weighted by molar-refractivity contribution is -0.120. The molecule has 1 rings (SSSR count). The first-order valence-electron chi connectivity index (χ1n) is 7.51. The van der Waals surface area contributed by atoms with Crippen molar-refractivity contribution < 1.29 is 9.53 Å². The molecule has 0 aliphatic carbocycles. The zero-order valence-electron chi connectivity index (χ0n) is 13.9. The molecule has 1 unspecified atom stereocenters. The Kier molecular flexibility index (Phi) is 7.47. The molecule has 0 spiro atoms. The van der Waals surface area contributed by atoms with Crippen molar-refractivity contribution in [3.8, 4) is 0 Å². The van der Waals surface area contributed by atoms with Gasteiger partial charge in [0.05, 0.1) is 0 Å². The van der Waals surface area contributed by atoms with E-state index in [1.165, 1.54) is 11.1 Å². The van der Waals surface area contributed by atoms with Gasteiger partial charge in [-0.1, -0.05) is 45.0 Å². The second-order valence-corrected chi connectivity index (χ2v) is 7.58. The van der Waals surface area contributed by atoms with Crippen LogP contribution in [0.5, 0.6) is 0 Å². The molecule has 0 bridgehead atoms. The third-order valence-electron chi connectivity index (χ3n) is 3.65. The number of thioether (sulfide) groups is 1. The first-order valence-corrected chi connectivity index (χ1v) is 8.66. The van der Waals surface area contributed by atoms with E-state index in [0.717, 1.165) is 17.9 Å². The van der Waals surface area contributed by atoms with Crippen molar-refractivity contribution in [2.24, 2.45) is 5.92 Å². The molecule has 0 fully saturated rings. The van der Waals surface area contributed by atoms with Crippen molar-refractivity contribution in [2.45, 2.75) is 45.3 Å². The zero-order chi connectivity index (χ0) is 15.9. The van der Waals surface area contributed by atoms with Gasteiger partial charge in [0.1, 0.15) is 5.78 Å². The Balaban J connectivity index is 2.46. The summed E-state index contributed by atoms with van der Waals surface area (Å²) in [5, 5.41) is 0. The van der Waals surface area contributed by atoms with E-state index in [1.54, 1.807) is 14.0 Å². The van der Waals surface area contributed by atoms with E-state index in [9.17, 15) is 4.79 Å².